The first kappa shape index (κ1) is 12.6. The molecule has 0 saturated heterocycles. The van der Waals surface area contributed by atoms with Crippen molar-refractivity contribution in [2.24, 2.45) is 0 Å². The van der Waals surface area contributed by atoms with Gasteiger partial charge in [0.15, 0.2) is 0 Å². The van der Waals surface area contributed by atoms with Crippen LogP contribution in [0.3, 0.4) is 0 Å². The molecule has 1 aromatic rings. The van der Waals surface area contributed by atoms with E-state index in [1.165, 1.54) is 12.0 Å². The van der Waals surface area contributed by atoms with Crippen LogP contribution in [0.5, 0.6) is 0 Å². The lowest BCUT2D eigenvalue weighted by Gasteiger charge is -1.97. The van der Waals surface area contributed by atoms with Crippen LogP contribution in [0.15, 0.2) is 30.3 Å². The first-order valence-electron chi connectivity index (χ1n) is 6.13. The second kappa shape index (κ2) is 7.77. The third-order valence-electron chi connectivity index (χ3n) is 2.31. The van der Waals surface area contributed by atoms with Gasteiger partial charge in [0.2, 0.25) is 0 Å². The fraction of sp³-hybridized carbons (Fsp3) is 0.375. The Labute approximate surface area is 99.4 Å². The molecule has 0 spiro atoms. The molecular formula is C16H20. The highest BCUT2D eigenvalue weighted by Crippen LogP contribution is 2.10. The van der Waals surface area contributed by atoms with Crippen molar-refractivity contribution in [3.05, 3.63) is 41.5 Å². The van der Waals surface area contributed by atoms with E-state index in [1.807, 2.05) is 6.07 Å². The lowest BCUT2D eigenvalue weighted by atomic mass is 10.1. The van der Waals surface area contributed by atoms with Gasteiger partial charge in [-0.3, -0.25) is 0 Å². The van der Waals surface area contributed by atoms with Crippen LogP contribution < -0.4 is 0 Å². The molecule has 84 valence electrons. The number of hydrogen-bond acceptors (Lipinski definition) is 0. The molecular weight excluding hydrogens is 192 g/mol. The fourth-order valence-corrected chi connectivity index (χ4v) is 1.42. The van der Waals surface area contributed by atoms with Gasteiger partial charge in [0.25, 0.3) is 0 Å². The summed E-state index contributed by atoms with van der Waals surface area (Å²) in [6.45, 7) is 4.35. The Kier molecular flexibility index (Phi) is 6.11. The van der Waals surface area contributed by atoms with Crippen molar-refractivity contribution in [2.75, 3.05) is 0 Å². The van der Waals surface area contributed by atoms with Crippen LogP contribution in [-0.2, 0) is 0 Å². The van der Waals surface area contributed by atoms with E-state index in [0.717, 1.165) is 24.8 Å². The minimum atomic E-state index is 0.979. The van der Waals surface area contributed by atoms with Crippen molar-refractivity contribution in [3.8, 4) is 11.8 Å². The summed E-state index contributed by atoms with van der Waals surface area (Å²) in [6.07, 6.45) is 8.84. The first-order chi connectivity index (χ1) is 7.88. The zero-order valence-corrected chi connectivity index (χ0v) is 10.3. The van der Waals surface area contributed by atoms with Gasteiger partial charge in [0.1, 0.15) is 0 Å². The lowest BCUT2D eigenvalue weighted by molar-refractivity contribution is 0.962. The molecule has 0 unspecified atom stereocenters. The summed E-state index contributed by atoms with van der Waals surface area (Å²) in [5, 5.41) is 0. The Morgan fingerprint density at radius 1 is 1.12 bits per heavy atom. The molecule has 0 atom stereocenters. The Morgan fingerprint density at radius 3 is 2.69 bits per heavy atom. The normalized spacial score (nSPS) is 10.1. The van der Waals surface area contributed by atoms with E-state index in [4.69, 9.17) is 0 Å². The van der Waals surface area contributed by atoms with Crippen molar-refractivity contribution >= 4 is 6.08 Å². The number of benzene rings is 1. The van der Waals surface area contributed by atoms with E-state index in [1.54, 1.807) is 0 Å². The average Bonchev–Trinajstić information content (AvgIpc) is 2.32. The smallest absolute Gasteiger partial charge is 0.0317 e. The summed E-state index contributed by atoms with van der Waals surface area (Å²) in [6, 6.07) is 8.33. The molecule has 0 fully saturated rings. The third-order valence-corrected chi connectivity index (χ3v) is 2.31. The maximum atomic E-state index is 3.24. The van der Waals surface area contributed by atoms with Gasteiger partial charge in [-0.15, -0.1) is 0 Å². The van der Waals surface area contributed by atoms with E-state index in [-0.39, 0.29) is 0 Å². The van der Waals surface area contributed by atoms with Crippen molar-refractivity contribution in [2.45, 2.75) is 39.5 Å². The second-order valence-corrected chi connectivity index (χ2v) is 3.83. The number of allylic oxidation sites excluding steroid dienone is 1. The maximum absolute atomic E-state index is 3.24. The first-order valence-corrected chi connectivity index (χ1v) is 6.13. The zero-order valence-electron chi connectivity index (χ0n) is 10.3. The second-order valence-electron chi connectivity index (χ2n) is 3.83. The van der Waals surface area contributed by atoms with Gasteiger partial charge in [-0.05, 0) is 24.5 Å². The van der Waals surface area contributed by atoms with Gasteiger partial charge in [-0.25, -0.2) is 0 Å². The molecule has 0 N–H and O–H groups in total. The SMILES string of the molecule is CCCC#Cc1ccccc1/C=C/CCC. The minimum absolute atomic E-state index is 0.979. The van der Waals surface area contributed by atoms with Crippen LogP contribution in [-0.4, -0.2) is 0 Å². The molecule has 0 heterocycles. The van der Waals surface area contributed by atoms with Crippen LogP contribution in [0.1, 0.15) is 50.7 Å². The molecule has 0 aliphatic carbocycles. The predicted molar refractivity (Wildman–Crippen MR) is 72.2 cm³/mol. The number of unbranched alkanes of at least 4 members (excludes halogenated alkanes) is 2. The van der Waals surface area contributed by atoms with Crippen LogP contribution in [0.4, 0.5) is 0 Å². The predicted octanol–water partition coefficient (Wildman–Crippen LogP) is 4.65. The summed E-state index contributed by atoms with van der Waals surface area (Å²) in [5.74, 6) is 6.44. The van der Waals surface area contributed by atoms with E-state index >= 15 is 0 Å². The molecule has 1 aromatic carbocycles. The Balaban J connectivity index is 2.80. The Bertz CT molecular complexity index is 388. The van der Waals surface area contributed by atoms with E-state index in [2.05, 4.69) is 56.0 Å². The summed E-state index contributed by atoms with van der Waals surface area (Å²) >= 11 is 0. The molecule has 0 heteroatoms. The number of hydrogen-bond donors (Lipinski definition) is 0. The molecule has 0 bridgehead atoms. The van der Waals surface area contributed by atoms with E-state index in [9.17, 15) is 0 Å². The molecule has 0 nitrogen and oxygen atoms in total. The molecule has 0 amide bonds. The van der Waals surface area contributed by atoms with Crippen molar-refractivity contribution in [1.29, 1.82) is 0 Å². The molecule has 16 heavy (non-hydrogen) atoms. The van der Waals surface area contributed by atoms with Gasteiger partial charge in [0, 0.05) is 12.0 Å². The minimum Gasteiger partial charge on any atom is -0.0979 e. The molecule has 0 aliphatic rings. The van der Waals surface area contributed by atoms with Gasteiger partial charge < -0.3 is 0 Å². The lowest BCUT2D eigenvalue weighted by Crippen LogP contribution is -1.80. The van der Waals surface area contributed by atoms with E-state index < -0.39 is 0 Å². The average molecular weight is 212 g/mol. The van der Waals surface area contributed by atoms with Crippen molar-refractivity contribution < 1.29 is 0 Å². The van der Waals surface area contributed by atoms with Gasteiger partial charge in [-0.1, -0.05) is 62.5 Å². The highest BCUT2D eigenvalue weighted by Gasteiger charge is 1.93. The standard InChI is InChI=1S/C16H20/c1-3-5-7-11-15-13-9-10-14-16(15)12-8-6-4-2/h7,9-11,13-14H,3-6H2,1-2H3/b11-7+. The Hall–Kier alpha value is -1.48. The summed E-state index contributed by atoms with van der Waals surface area (Å²) in [5.41, 5.74) is 2.38. The largest absolute Gasteiger partial charge is 0.0979 e. The Morgan fingerprint density at radius 2 is 1.94 bits per heavy atom. The molecule has 0 radical (unpaired) electrons. The maximum Gasteiger partial charge on any atom is 0.0317 e. The molecule has 0 saturated carbocycles. The quantitative estimate of drug-likeness (QED) is 0.637. The fourth-order valence-electron chi connectivity index (χ4n) is 1.42. The van der Waals surface area contributed by atoms with E-state index in [0.29, 0.717) is 0 Å². The molecule has 0 aliphatic heterocycles. The summed E-state index contributed by atoms with van der Waals surface area (Å²) in [4.78, 5) is 0. The highest BCUT2D eigenvalue weighted by molar-refractivity contribution is 5.58. The highest BCUT2D eigenvalue weighted by atomic mass is 14.0. The van der Waals surface area contributed by atoms with Gasteiger partial charge in [-0.2, -0.15) is 0 Å². The summed E-state index contributed by atoms with van der Waals surface area (Å²) in [7, 11) is 0. The van der Waals surface area contributed by atoms with Crippen molar-refractivity contribution in [1.82, 2.24) is 0 Å². The molecule has 0 aromatic heterocycles. The van der Waals surface area contributed by atoms with Crippen LogP contribution in [0, 0.1) is 11.8 Å². The van der Waals surface area contributed by atoms with Gasteiger partial charge in [0.05, 0.1) is 0 Å². The summed E-state index contributed by atoms with van der Waals surface area (Å²) < 4.78 is 0. The monoisotopic (exact) mass is 212 g/mol. The van der Waals surface area contributed by atoms with Crippen LogP contribution in [0.2, 0.25) is 0 Å². The van der Waals surface area contributed by atoms with Crippen molar-refractivity contribution in [3.63, 3.8) is 0 Å². The zero-order chi connectivity index (χ0) is 11.6. The molecule has 1 rings (SSSR count). The number of rotatable bonds is 4. The van der Waals surface area contributed by atoms with Crippen LogP contribution in [0.25, 0.3) is 6.08 Å². The van der Waals surface area contributed by atoms with Crippen LogP contribution >= 0.6 is 0 Å². The van der Waals surface area contributed by atoms with Gasteiger partial charge >= 0.3 is 0 Å². The third kappa shape index (κ3) is 4.36. The topological polar surface area (TPSA) is 0 Å².